The molecule has 166 valence electrons. The number of hydrogen-bond donors (Lipinski definition) is 0. The Morgan fingerprint density at radius 1 is 0.848 bits per heavy atom. The lowest BCUT2D eigenvalue weighted by molar-refractivity contribution is -0.274. The Morgan fingerprint density at radius 3 is 2.12 bits per heavy atom. The Kier molecular flexibility index (Phi) is 6.50. The summed E-state index contributed by atoms with van der Waals surface area (Å²) in [5.41, 5.74) is 3.08. The van der Waals surface area contributed by atoms with E-state index in [1.165, 1.54) is 30.5 Å². The van der Waals surface area contributed by atoms with Crippen LogP contribution in [0, 0.1) is 17.8 Å². The van der Waals surface area contributed by atoms with Crippen LogP contribution in [0.2, 0.25) is 0 Å². The number of carbonyl (C=O) groups excluding carboxylic acids is 1. The van der Waals surface area contributed by atoms with E-state index in [2.05, 4.69) is 16.6 Å². The third-order valence-electron chi connectivity index (χ3n) is 5.24. The van der Waals surface area contributed by atoms with Gasteiger partial charge < -0.3 is 9.47 Å². The van der Waals surface area contributed by atoms with Crippen molar-refractivity contribution in [3.63, 3.8) is 0 Å². The lowest BCUT2D eigenvalue weighted by atomic mass is 9.77. The van der Waals surface area contributed by atoms with E-state index in [0.29, 0.717) is 11.1 Å². The van der Waals surface area contributed by atoms with Gasteiger partial charge in [0.1, 0.15) is 12.0 Å². The first-order valence-corrected chi connectivity index (χ1v) is 10.3. The molecule has 1 aliphatic heterocycles. The van der Waals surface area contributed by atoms with Crippen molar-refractivity contribution in [3.8, 4) is 17.6 Å². The molecule has 0 N–H and O–H groups in total. The number of ether oxygens (including phenoxy) is 2. The molecular formula is C27H19F3O3. The first kappa shape index (κ1) is 22.2. The van der Waals surface area contributed by atoms with Crippen LogP contribution in [0.3, 0.4) is 0 Å². The fourth-order valence-corrected chi connectivity index (χ4v) is 3.76. The predicted octanol–water partition coefficient (Wildman–Crippen LogP) is 6.02. The summed E-state index contributed by atoms with van der Waals surface area (Å²) in [6.07, 6.45) is -3.09. The van der Waals surface area contributed by atoms with E-state index in [4.69, 9.17) is 4.74 Å². The number of cyclic esters (lactones) is 1. The number of esters is 1. The van der Waals surface area contributed by atoms with E-state index in [9.17, 15) is 18.0 Å². The molecule has 0 saturated heterocycles. The van der Waals surface area contributed by atoms with Crippen LogP contribution >= 0.6 is 0 Å². The molecule has 0 bridgehead atoms. The molecular weight excluding hydrogens is 429 g/mol. The molecule has 3 aromatic carbocycles. The number of halogens is 3. The zero-order chi connectivity index (χ0) is 23.3. The minimum atomic E-state index is -4.76. The lowest BCUT2D eigenvalue weighted by Crippen LogP contribution is -2.30. The maximum atomic E-state index is 12.8. The Bertz CT molecular complexity index is 1190. The number of benzene rings is 3. The van der Waals surface area contributed by atoms with Gasteiger partial charge in [0.05, 0.1) is 5.92 Å². The summed E-state index contributed by atoms with van der Waals surface area (Å²) in [4.78, 5) is 12.8. The molecule has 0 aromatic heterocycles. The van der Waals surface area contributed by atoms with Crippen molar-refractivity contribution in [2.45, 2.75) is 18.7 Å². The highest BCUT2D eigenvalue weighted by Crippen LogP contribution is 2.38. The second-order valence-corrected chi connectivity index (χ2v) is 7.52. The van der Waals surface area contributed by atoms with Crippen LogP contribution in [0.25, 0.3) is 0 Å². The van der Waals surface area contributed by atoms with Crippen molar-refractivity contribution >= 4 is 5.97 Å². The van der Waals surface area contributed by atoms with Gasteiger partial charge in [-0.2, -0.15) is 0 Å². The fourth-order valence-electron chi connectivity index (χ4n) is 3.76. The zero-order valence-electron chi connectivity index (χ0n) is 17.4. The third kappa shape index (κ3) is 5.83. The molecule has 0 amide bonds. The van der Waals surface area contributed by atoms with E-state index in [1.807, 2.05) is 60.7 Å². The van der Waals surface area contributed by atoms with Crippen molar-refractivity contribution in [3.05, 3.63) is 113 Å². The largest absolute Gasteiger partial charge is 0.573 e. The highest BCUT2D eigenvalue weighted by atomic mass is 19.4. The summed E-state index contributed by atoms with van der Waals surface area (Å²) in [5, 5.41) is 0. The molecule has 3 nitrogen and oxygen atoms in total. The van der Waals surface area contributed by atoms with Crippen LogP contribution in [0.4, 0.5) is 13.2 Å². The van der Waals surface area contributed by atoms with Gasteiger partial charge in [0.15, 0.2) is 0 Å². The Labute approximate surface area is 189 Å². The van der Waals surface area contributed by atoms with Gasteiger partial charge in [0.2, 0.25) is 0 Å². The van der Waals surface area contributed by atoms with Gasteiger partial charge in [-0.05, 0) is 41.8 Å². The predicted molar refractivity (Wildman–Crippen MR) is 117 cm³/mol. The maximum absolute atomic E-state index is 12.8. The first-order chi connectivity index (χ1) is 15.9. The first-order valence-electron chi connectivity index (χ1n) is 10.3. The van der Waals surface area contributed by atoms with Crippen LogP contribution in [0.5, 0.6) is 5.75 Å². The molecule has 33 heavy (non-hydrogen) atoms. The van der Waals surface area contributed by atoms with Gasteiger partial charge in [-0.25, -0.2) is 0 Å². The molecule has 0 saturated carbocycles. The van der Waals surface area contributed by atoms with Crippen LogP contribution < -0.4 is 4.74 Å². The van der Waals surface area contributed by atoms with E-state index in [0.717, 1.165) is 11.1 Å². The monoisotopic (exact) mass is 448 g/mol. The van der Waals surface area contributed by atoms with Crippen molar-refractivity contribution in [2.24, 2.45) is 5.92 Å². The van der Waals surface area contributed by atoms with Crippen molar-refractivity contribution in [1.29, 1.82) is 0 Å². The van der Waals surface area contributed by atoms with E-state index >= 15 is 0 Å². The number of carbonyl (C=O) groups is 1. The summed E-state index contributed by atoms with van der Waals surface area (Å²) < 4.78 is 46.6. The summed E-state index contributed by atoms with van der Waals surface area (Å²) in [5.74, 6) is 4.59. The SMILES string of the molecule is O=C1OC=C(C#Cc2ccccc2)[C@@H](c2ccccc2)[C@@H]1Cc1ccc(OC(F)(F)F)cc1. The molecule has 4 rings (SSSR count). The Balaban J connectivity index is 1.64. The number of allylic oxidation sites excluding steroid dienone is 1. The second-order valence-electron chi connectivity index (χ2n) is 7.52. The highest BCUT2D eigenvalue weighted by Gasteiger charge is 2.37. The Hall–Kier alpha value is -3.98. The molecule has 1 aliphatic rings. The summed E-state index contributed by atoms with van der Waals surface area (Å²) in [7, 11) is 0. The minimum Gasteiger partial charge on any atom is -0.433 e. The summed E-state index contributed by atoms with van der Waals surface area (Å²) in [6, 6.07) is 24.5. The molecule has 2 atom stereocenters. The molecule has 0 spiro atoms. The topological polar surface area (TPSA) is 35.5 Å². The van der Waals surface area contributed by atoms with Gasteiger partial charge in [0.25, 0.3) is 0 Å². The van der Waals surface area contributed by atoms with Crippen molar-refractivity contribution < 1.29 is 27.4 Å². The average Bonchev–Trinajstić information content (AvgIpc) is 2.81. The number of rotatable bonds is 4. The highest BCUT2D eigenvalue weighted by molar-refractivity contribution is 5.78. The molecule has 0 fully saturated rings. The number of alkyl halides is 3. The molecule has 0 aliphatic carbocycles. The van der Waals surface area contributed by atoms with Gasteiger partial charge >= 0.3 is 12.3 Å². The van der Waals surface area contributed by atoms with Crippen LogP contribution in [0.1, 0.15) is 22.6 Å². The molecule has 6 heteroatoms. The lowest BCUT2D eigenvalue weighted by Gasteiger charge is -2.29. The van der Waals surface area contributed by atoms with E-state index < -0.39 is 18.2 Å². The van der Waals surface area contributed by atoms with Crippen LogP contribution in [0.15, 0.2) is 96.8 Å². The fraction of sp³-hybridized carbons (Fsp3) is 0.148. The van der Waals surface area contributed by atoms with Crippen LogP contribution in [-0.4, -0.2) is 12.3 Å². The zero-order valence-corrected chi connectivity index (χ0v) is 17.4. The van der Waals surface area contributed by atoms with E-state index in [-0.39, 0.29) is 18.1 Å². The van der Waals surface area contributed by atoms with Crippen molar-refractivity contribution in [1.82, 2.24) is 0 Å². The van der Waals surface area contributed by atoms with Gasteiger partial charge in [-0.1, -0.05) is 72.5 Å². The molecule has 0 unspecified atom stereocenters. The standard InChI is InChI=1S/C27H19F3O3/c28-27(29,30)33-23-15-12-20(13-16-23)17-24-25(21-9-5-2-6-10-21)22(18-32-26(24)31)14-11-19-7-3-1-4-8-19/h1-10,12-13,15-16,18,24-25H,17H2/t24-,25+/m0/s1. The third-order valence-corrected chi connectivity index (χ3v) is 5.24. The van der Waals surface area contributed by atoms with Gasteiger partial charge in [-0.3, -0.25) is 4.79 Å². The number of hydrogen-bond acceptors (Lipinski definition) is 3. The second kappa shape index (κ2) is 9.66. The molecule has 1 heterocycles. The molecule has 3 aromatic rings. The Morgan fingerprint density at radius 2 is 1.48 bits per heavy atom. The maximum Gasteiger partial charge on any atom is 0.573 e. The van der Waals surface area contributed by atoms with Gasteiger partial charge in [0, 0.05) is 17.1 Å². The quantitative estimate of drug-likeness (QED) is 0.362. The summed E-state index contributed by atoms with van der Waals surface area (Å²) in [6.45, 7) is 0. The average molecular weight is 448 g/mol. The van der Waals surface area contributed by atoms with Crippen LogP contribution in [-0.2, 0) is 16.0 Å². The smallest absolute Gasteiger partial charge is 0.433 e. The minimum absolute atomic E-state index is 0.273. The van der Waals surface area contributed by atoms with Crippen molar-refractivity contribution in [2.75, 3.05) is 0 Å². The van der Waals surface area contributed by atoms with Gasteiger partial charge in [-0.15, -0.1) is 13.2 Å². The summed E-state index contributed by atoms with van der Waals surface area (Å²) >= 11 is 0. The van der Waals surface area contributed by atoms with E-state index in [1.54, 1.807) is 0 Å². The molecule has 0 radical (unpaired) electrons. The normalized spacial score (nSPS) is 17.9.